The highest BCUT2D eigenvalue weighted by atomic mass is 35.5. The molecule has 160 valence electrons. The second-order valence-electron chi connectivity index (χ2n) is 7.43. The monoisotopic (exact) mass is 436 g/mol. The molecule has 1 saturated heterocycles. The van der Waals surface area contributed by atoms with E-state index >= 15 is 0 Å². The van der Waals surface area contributed by atoms with Gasteiger partial charge in [-0.2, -0.15) is 0 Å². The third kappa shape index (κ3) is 5.57. The van der Waals surface area contributed by atoms with Crippen LogP contribution in [0.25, 0.3) is 11.5 Å². The number of halogens is 1. The number of piperazine rings is 1. The van der Waals surface area contributed by atoms with Crippen molar-refractivity contribution >= 4 is 29.0 Å². The Bertz CT molecular complexity index is 1020. The van der Waals surface area contributed by atoms with Gasteiger partial charge in [0.15, 0.2) is 5.82 Å². The van der Waals surface area contributed by atoms with E-state index in [4.69, 9.17) is 16.6 Å². The minimum Gasteiger partial charge on any atom is -0.354 e. The van der Waals surface area contributed by atoms with Gasteiger partial charge in [0, 0.05) is 54.8 Å². The lowest BCUT2D eigenvalue weighted by Crippen LogP contribution is -2.49. The molecule has 3 heterocycles. The Hall–Kier alpha value is -3.03. The molecule has 0 bridgehead atoms. The zero-order valence-corrected chi connectivity index (χ0v) is 18.2. The second kappa shape index (κ2) is 9.85. The zero-order valence-electron chi connectivity index (χ0n) is 17.5. The summed E-state index contributed by atoms with van der Waals surface area (Å²) in [4.78, 5) is 30.6. The first-order valence-electron chi connectivity index (χ1n) is 10.4. The molecule has 8 heteroatoms. The van der Waals surface area contributed by atoms with Gasteiger partial charge in [0.1, 0.15) is 11.5 Å². The molecule has 1 fully saturated rings. The van der Waals surface area contributed by atoms with E-state index in [1.165, 1.54) is 0 Å². The van der Waals surface area contributed by atoms with Gasteiger partial charge in [-0.25, -0.2) is 9.97 Å². The van der Waals surface area contributed by atoms with Gasteiger partial charge < -0.3 is 10.2 Å². The minimum atomic E-state index is -0.0245. The van der Waals surface area contributed by atoms with Crippen LogP contribution >= 0.6 is 11.6 Å². The predicted molar refractivity (Wildman–Crippen MR) is 123 cm³/mol. The van der Waals surface area contributed by atoms with E-state index in [0.29, 0.717) is 17.4 Å². The number of rotatable bonds is 6. The molecule has 0 radical (unpaired) electrons. The molecule has 1 amide bonds. The molecule has 31 heavy (non-hydrogen) atoms. The number of hydrogen-bond acceptors (Lipinski definition) is 6. The number of anilines is 2. The van der Waals surface area contributed by atoms with Crippen LogP contribution in [-0.4, -0.2) is 58.5 Å². The lowest BCUT2D eigenvalue weighted by atomic mass is 10.2. The molecule has 1 aromatic carbocycles. The van der Waals surface area contributed by atoms with Gasteiger partial charge in [0.2, 0.25) is 5.91 Å². The molecule has 7 nitrogen and oxygen atoms in total. The van der Waals surface area contributed by atoms with Crippen molar-refractivity contribution in [2.45, 2.75) is 13.3 Å². The number of nitrogens with one attached hydrogen (secondary N) is 1. The van der Waals surface area contributed by atoms with Gasteiger partial charge in [-0.3, -0.25) is 14.7 Å². The van der Waals surface area contributed by atoms with Crippen LogP contribution in [0, 0.1) is 0 Å². The highest BCUT2D eigenvalue weighted by Crippen LogP contribution is 2.20. The number of aryl methyl sites for hydroxylation is 1. The highest BCUT2D eigenvalue weighted by molar-refractivity contribution is 6.30. The van der Waals surface area contributed by atoms with Crippen molar-refractivity contribution < 1.29 is 4.79 Å². The zero-order chi connectivity index (χ0) is 21.6. The van der Waals surface area contributed by atoms with Crippen molar-refractivity contribution in [1.29, 1.82) is 0 Å². The number of pyridine rings is 1. The van der Waals surface area contributed by atoms with Crippen LogP contribution in [-0.2, 0) is 11.2 Å². The Morgan fingerprint density at radius 3 is 2.52 bits per heavy atom. The van der Waals surface area contributed by atoms with Crippen molar-refractivity contribution in [3.63, 3.8) is 0 Å². The Kier molecular flexibility index (Phi) is 6.74. The summed E-state index contributed by atoms with van der Waals surface area (Å²) >= 11 is 5.89. The predicted octanol–water partition coefficient (Wildman–Crippen LogP) is 3.52. The molecule has 0 unspecified atom stereocenters. The number of nitrogens with zero attached hydrogens (tertiary/aromatic N) is 5. The van der Waals surface area contributed by atoms with E-state index in [1.54, 1.807) is 30.5 Å². The fraction of sp³-hybridized carbons (Fsp3) is 0.304. The number of aromatic nitrogens is 3. The highest BCUT2D eigenvalue weighted by Gasteiger charge is 2.21. The summed E-state index contributed by atoms with van der Waals surface area (Å²) in [7, 11) is 0. The smallest absolute Gasteiger partial charge is 0.238 e. The first-order valence-corrected chi connectivity index (χ1v) is 10.8. The lowest BCUT2D eigenvalue weighted by molar-refractivity contribution is -0.117. The number of carbonyl (C=O) groups is 1. The van der Waals surface area contributed by atoms with Crippen molar-refractivity contribution in [1.82, 2.24) is 19.9 Å². The number of benzene rings is 1. The summed E-state index contributed by atoms with van der Waals surface area (Å²) in [5, 5.41) is 3.57. The molecule has 1 aliphatic rings. The normalized spacial score (nSPS) is 14.5. The molecule has 4 rings (SSSR count). The molecule has 2 aromatic heterocycles. The summed E-state index contributed by atoms with van der Waals surface area (Å²) in [6.45, 7) is 5.63. The molecule has 0 saturated carbocycles. The third-order valence-corrected chi connectivity index (χ3v) is 5.47. The van der Waals surface area contributed by atoms with E-state index in [-0.39, 0.29) is 5.91 Å². The molecule has 3 aromatic rings. The second-order valence-corrected chi connectivity index (χ2v) is 7.86. The van der Waals surface area contributed by atoms with Crippen LogP contribution in [0.5, 0.6) is 0 Å². The summed E-state index contributed by atoms with van der Waals surface area (Å²) < 4.78 is 0. The van der Waals surface area contributed by atoms with Crippen LogP contribution in [0.4, 0.5) is 11.5 Å². The SMILES string of the molecule is CCc1cc(N2CCN(CC(=O)Nc3ccc(Cl)cc3)CC2)nc(-c2ccccn2)n1. The van der Waals surface area contributed by atoms with Crippen LogP contribution in [0.15, 0.2) is 54.7 Å². The lowest BCUT2D eigenvalue weighted by Gasteiger charge is -2.35. The van der Waals surface area contributed by atoms with Gasteiger partial charge in [-0.15, -0.1) is 0 Å². The van der Waals surface area contributed by atoms with Crippen LogP contribution in [0.3, 0.4) is 0 Å². The van der Waals surface area contributed by atoms with E-state index < -0.39 is 0 Å². The van der Waals surface area contributed by atoms with Gasteiger partial charge in [-0.05, 0) is 42.8 Å². The van der Waals surface area contributed by atoms with Crippen LogP contribution in [0.1, 0.15) is 12.6 Å². The van der Waals surface area contributed by atoms with Crippen molar-refractivity contribution in [3.05, 3.63) is 65.4 Å². The summed E-state index contributed by atoms with van der Waals surface area (Å²) in [6.07, 6.45) is 2.59. The molecule has 0 atom stereocenters. The number of amides is 1. The van der Waals surface area contributed by atoms with Gasteiger partial charge in [0.05, 0.1) is 6.54 Å². The Morgan fingerprint density at radius 1 is 1.06 bits per heavy atom. The summed E-state index contributed by atoms with van der Waals surface area (Å²) in [5.74, 6) is 1.54. The molecule has 1 aliphatic heterocycles. The van der Waals surface area contributed by atoms with E-state index in [0.717, 1.165) is 55.5 Å². The number of carbonyl (C=O) groups excluding carboxylic acids is 1. The largest absolute Gasteiger partial charge is 0.354 e. The summed E-state index contributed by atoms with van der Waals surface area (Å²) in [6, 6.07) is 14.9. The maximum Gasteiger partial charge on any atom is 0.238 e. The van der Waals surface area contributed by atoms with Crippen molar-refractivity contribution in [3.8, 4) is 11.5 Å². The average molecular weight is 437 g/mol. The standard InChI is InChI=1S/C23H25ClN6O/c1-2-18-15-21(28-23(27-18)20-5-3-4-10-25-20)30-13-11-29(12-14-30)16-22(31)26-19-8-6-17(24)7-9-19/h3-10,15H,2,11-14,16H2,1H3,(H,26,31). The third-order valence-electron chi connectivity index (χ3n) is 5.21. The quantitative estimate of drug-likeness (QED) is 0.637. The van der Waals surface area contributed by atoms with Crippen molar-refractivity contribution in [2.75, 3.05) is 42.9 Å². The van der Waals surface area contributed by atoms with Crippen LogP contribution in [0.2, 0.25) is 5.02 Å². The Balaban J connectivity index is 1.37. The van der Waals surface area contributed by atoms with E-state index in [2.05, 4.69) is 38.1 Å². The molecule has 0 aliphatic carbocycles. The number of hydrogen-bond donors (Lipinski definition) is 1. The molecular weight excluding hydrogens is 412 g/mol. The average Bonchev–Trinajstić information content (AvgIpc) is 2.81. The fourth-order valence-electron chi connectivity index (χ4n) is 3.51. The topological polar surface area (TPSA) is 74.2 Å². The van der Waals surface area contributed by atoms with E-state index in [1.807, 2.05) is 18.2 Å². The summed E-state index contributed by atoms with van der Waals surface area (Å²) in [5.41, 5.74) is 2.52. The van der Waals surface area contributed by atoms with Gasteiger partial charge in [-0.1, -0.05) is 24.6 Å². The Morgan fingerprint density at radius 2 is 1.84 bits per heavy atom. The Labute approximate surface area is 187 Å². The maximum absolute atomic E-state index is 12.4. The maximum atomic E-state index is 12.4. The first-order chi connectivity index (χ1) is 15.1. The molecular formula is C23H25ClN6O. The minimum absolute atomic E-state index is 0.0245. The molecule has 0 spiro atoms. The van der Waals surface area contributed by atoms with Crippen LogP contribution < -0.4 is 10.2 Å². The van der Waals surface area contributed by atoms with Gasteiger partial charge in [0.25, 0.3) is 0 Å². The first kappa shape index (κ1) is 21.2. The van der Waals surface area contributed by atoms with Gasteiger partial charge >= 0.3 is 0 Å². The van der Waals surface area contributed by atoms with Crippen molar-refractivity contribution in [2.24, 2.45) is 0 Å². The van der Waals surface area contributed by atoms with E-state index in [9.17, 15) is 4.79 Å². The molecule has 1 N–H and O–H groups in total. The fourth-order valence-corrected chi connectivity index (χ4v) is 3.63.